The van der Waals surface area contributed by atoms with Crippen molar-refractivity contribution in [2.24, 2.45) is 0 Å². The van der Waals surface area contributed by atoms with Crippen molar-refractivity contribution in [2.45, 2.75) is 0 Å². The fraction of sp³-hybridized carbons (Fsp3) is 0.133. The van der Waals surface area contributed by atoms with Crippen LogP contribution in [-0.2, 0) is 0 Å². The van der Waals surface area contributed by atoms with E-state index in [-0.39, 0.29) is 11.3 Å². The molecule has 0 aliphatic carbocycles. The predicted molar refractivity (Wildman–Crippen MR) is 87.2 cm³/mol. The maximum atomic E-state index is 12.3. The number of hydrogen-bond donors (Lipinski definition) is 1. The first-order chi connectivity index (χ1) is 11.9. The summed E-state index contributed by atoms with van der Waals surface area (Å²) >= 11 is 0. The lowest BCUT2D eigenvalue weighted by molar-refractivity contribution is -0.393. The minimum Gasteiger partial charge on any atom is -0.493 e. The van der Waals surface area contributed by atoms with Crippen LogP contribution in [-0.4, -0.2) is 30.0 Å². The van der Waals surface area contributed by atoms with Gasteiger partial charge in [-0.2, -0.15) is 0 Å². The number of carbonyl (C=O) groups is 1. The number of anilines is 1. The molecule has 0 atom stereocenters. The molecule has 25 heavy (non-hydrogen) atoms. The largest absolute Gasteiger partial charge is 0.493 e. The fourth-order valence-electron chi connectivity index (χ4n) is 2.06. The van der Waals surface area contributed by atoms with Crippen LogP contribution < -0.4 is 14.8 Å². The number of nitrogens with one attached hydrogen (secondary N) is 1. The van der Waals surface area contributed by atoms with E-state index in [1.54, 1.807) is 0 Å². The Kier molecular flexibility index (Phi) is 5.12. The molecule has 130 valence electrons. The van der Waals surface area contributed by atoms with Crippen LogP contribution in [0.25, 0.3) is 0 Å². The number of nitrogens with zero attached hydrogens (tertiary/aromatic N) is 2. The Bertz CT molecular complexity index is 851. The Labute approximate surface area is 141 Å². The lowest BCUT2D eigenvalue weighted by Crippen LogP contribution is -2.13. The predicted octanol–water partition coefficient (Wildman–Crippen LogP) is 2.77. The minimum atomic E-state index is -0.808. The van der Waals surface area contributed by atoms with Gasteiger partial charge in [0.25, 0.3) is 17.3 Å². The van der Waals surface area contributed by atoms with E-state index in [0.29, 0.717) is 11.5 Å². The first-order valence-corrected chi connectivity index (χ1v) is 6.83. The van der Waals surface area contributed by atoms with E-state index in [4.69, 9.17) is 9.47 Å². The van der Waals surface area contributed by atoms with E-state index in [0.717, 1.165) is 18.2 Å². The van der Waals surface area contributed by atoms with E-state index in [9.17, 15) is 25.0 Å². The van der Waals surface area contributed by atoms with Gasteiger partial charge in [0.1, 0.15) is 5.69 Å². The van der Waals surface area contributed by atoms with Crippen molar-refractivity contribution in [1.29, 1.82) is 0 Å². The van der Waals surface area contributed by atoms with E-state index in [1.807, 2.05) is 0 Å². The normalized spacial score (nSPS) is 10.0. The van der Waals surface area contributed by atoms with Gasteiger partial charge >= 0.3 is 0 Å². The zero-order chi connectivity index (χ0) is 18.6. The third-order valence-electron chi connectivity index (χ3n) is 3.28. The molecule has 0 spiro atoms. The number of hydrogen-bond acceptors (Lipinski definition) is 7. The van der Waals surface area contributed by atoms with Gasteiger partial charge in [-0.05, 0) is 24.3 Å². The fourth-order valence-corrected chi connectivity index (χ4v) is 2.06. The number of non-ortho nitro benzene ring substituents is 1. The van der Waals surface area contributed by atoms with Gasteiger partial charge in [0, 0.05) is 11.6 Å². The molecule has 10 heteroatoms. The maximum Gasteiger partial charge on any atom is 0.299 e. The van der Waals surface area contributed by atoms with Crippen molar-refractivity contribution in [2.75, 3.05) is 19.5 Å². The molecule has 0 aliphatic rings. The summed E-state index contributed by atoms with van der Waals surface area (Å²) in [4.78, 5) is 32.6. The van der Waals surface area contributed by atoms with Gasteiger partial charge in [0.15, 0.2) is 11.5 Å². The van der Waals surface area contributed by atoms with Crippen LogP contribution >= 0.6 is 0 Å². The van der Waals surface area contributed by atoms with Gasteiger partial charge in [0.2, 0.25) is 0 Å². The Hall–Kier alpha value is -3.69. The van der Waals surface area contributed by atoms with Crippen molar-refractivity contribution in [3.8, 4) is 11.5 Å². The molecule has 0 saturated carbocycles. The van der Waals surface area contributed by atoms with Crippen LogP contribution in [0.15, 0.2) is 36.4 Å². The minimum absolute atomic E-state index is 0.157. The number of ether oxygens (including phenoxy) is 2. The van der Waals surface area contributed by atoms with Crippen molar-refractivity contribution in [1.82, 2.24) is 0 Å². The SMILES string of the molecule is COc1ccc(C(=O)Nc2ccc([N+](=O)[O-])cc2[N+](=O)[O-])cc1OC. The number of carbonyl (C=O) groups excluding carboxylic acids is 1. The molecule has 0 unspecified atom stereocenters. The third-order valence-corrected chi connectivity index (χ3v) is 3.28. The summed E-state index contributed by atoms with van der Waals surface area (Å²) in [6, 6.07) is 7.33. The molecule has 2 rings (SSSR count). The lowest BCUT2D eigenvalue weighted by atomic mass is 10.1. The zero-order valence-electron chi connectivity index (χ0n) is 13.2. The first-order valence-electron chi connectivity index (χ1n) is 6.83. The molecule has 0 bridgehead atoms. The third kappa shape index (κ3) is 3.80. The van der Waals surface area contributed by atoms with Gasteiger partial charge in [-0.1, -0.05) is 0 Å². The van der Waals surface area contributed by atoms with Crippen molar-refractivity contribution >= 4 is 23.0 Å². The summed E-state index contributed by atoms with van der Waals surface area (Å²) < 4.78 is 10.2. The Morgan fingerprint density at radius 2 is 1.64 bits per heavy atom. The summed E-state index contributed by atoms with van der Waals surface area (Å²) in [5, 5.41) is 24.2. The summed E-state index contributed by atoms with van der Waals surface area (Å²) in [7, 11) is 2.85. The number of methoxy groups -OCH3 is 2. The summed E-state index contributed by atoms with van der Waals surface area (Å²) in [5.74, 6) is 0.0895. The molecule has 0 radical (unpaired) electrons. The molecule has 0 saturated heterocycles. The molecular weight excluding hydrogens is 334 g/mol. The number of benzene rings is 2. The standard InChI is InChI=1S/C15H13N3O7/c1-24-13-6-3-9(7-14(13)25-2)15(19)16-11-5-4-10(17(20)21)8-12(11)18(22)23/h3-8H,1-2H3,(H,16,19). The first kappa shape index (κ1) is 17.7. The summed E-state index contributed by atoms with van der Waals surface area (Å²) in [6.07, 6.45) is 0. The average Bonchev–Trinajstić information content (AvgIpc) is 2.60. The molecule has 10 nitrogen and oxygen atoms in total. The van der Waals surface area contributed by atoms with Crippen LogP contribution in [0.5, 0.6) is 11.5 Å². The molecule has 1 amide bonds. The average molecular weight is 347 g/mol. The topological polar surface area (TPSA) is 134 Å². The Morgan fingerprint density at radius 3 is 2.20 bits per heavy atom. The zero-order valence-corrected chi connectivity index (χ0v) is 13.2. The van der Waals surface area contributed by atoms with E-state index in [1.165, 1.54) is 32.4 Å². The Morgan fingerprint density at radius 1 is 0.960 bits per heavy atom. The van der Waals surface area contributed by atoms with Gasteiger partial charge in [-0.25, -0.2) is 0 Å². The smallest absolute Gasteiger partial charge is 0.299 e. The summed E-state index contributed by atoms with van der Waals surface area (Å²) in [6.45, 7) is 0. The van der Waals surface area contributed by atoms with E-state index in [2.05, 4.69) is 5.32 Å². The van der Waals surface area contributed by atoms with Crippen LogP contribution in [0, 0.1) is 20.2 Å². The van der Waals surface area contributed by atoms with Crippen molar-refractivity contribution in [3.05, 3.63) is 62.2 Å². The summed E-state index contributed by atoms with van der Waals surface area (Å²) in [5.41, 5.74) is -1.01. The highest BCUT2D eigenvalue weighted by atomic mass is 16.6. The molecule has 0 aromatic heterocycles. The van der Waals surface area contributed by atoms with Gasteiger partial charge < -0.3 is 14.8 Å². The van der Waals surface area contributed by atoms with E-state index >= 15 is 0 Å². The highest BCUT2D eigenvalue weighted by Gasteiger charge is 2.21. The molecule has 0 heterocycles. The van der Waals surface area contributed by atoms with Crippen LogP contribution in [0.4, 0.5) is 17.1 Å². The second kappa shape index (κ2) is 7.25. The molecule has 0 fully saturated rings. The highest BCUT2D eigenvalue weighted by Crippen LogP contribution is 2.31. The lowest BCUT2D eigenvalue weighted by Gasteiger charge is -2.10. The van der Waals surface area contributed by atoms with Gasteiger partial charge in [-0.3, -0.25) is 25.0 Å². The molecular formula is C15H13N3O7. The van der Waals surface area contributed by atoms with Crippen molar-refractivity contribution < 1.29 is 24.1 Å². The maximum absolute atomic E-state index is 12.3. The highest BCUT2D eigenvalue weighted by molar-refractivity contribution is 6.05. The molecule has 0 aliphatic heterocycles. The van der Waals surface area contributed by atoms with Gasteiger partial charge in [0.05, 0.1) is 30.1 Å². The van der Waals surface area contributed by atoms with Crippen molar-refractivity contribution in [3.63, 3.8) is 0 Å². The van der Waals surface area contributed by atoms with E-state index < -0.39 is 27.1 Å². The molecule has 1 N–H and O–H groups in total. The molecule has 2 aromatic carbocycles. The molecule has 2 aromatic rings. The number of nitro benzene ring substituents is 2. The Balaban J connectivity index is 2.34. The second-order valence-corrected chi connectivity index (χ2v) is 4.74. The monoisotopic (exact) mass is 347 g/mol. The van der Waals surface area contributed by atoms with Crippen LogP contribution in [0.3, 0.4) is 0 Å². The number of nitro groups is 2. The quantitative estimate of drug-likeness (QED) is 0.627. The second-order valence-electron chi connectivity index (χ2n) is 4.74. The van der Waals surface area contributed by atoms with Crippen LogP contribution in [0.1, 0.15) is 10.4 Å². The van der Waals surface area contributed by atoms with Gasteiger partial charge in [-0.15, -0.1) is 0 Å². The number of amides is 1. The number of rotatable bonds is 6. The van der Waals surface area contributed by atoms with Crippen LogP contribution in [0.2, 0.25) is 0 Å².